The minimum atomic E-state index is -3.27. The number of hydrogen-bond acceptors (Lipinski definition) is 3. The monoisotopic (exact) mass is 220 g/mol. The zero-order valence-electron chi connectivity index (χ0n) is 6.99. The molecular formula is C8H9ClO3S. The molecule has 0 aliphatic heterocycles. The summed E-state index contributed by atoms with van der Waals surface area (Å²) in [5.74, 6) is 0. The first-order valence-corrected chi connectivity index (χ1v) is 5.81. The molecule has 5 heteroatoms. The van der Waals surface area contributed by atoms with Crippen molar-refractivity contribution in [2.24, 2.45) is 0 Å². The van der Waals surface area contributed by atoms with Crippen molar-refractivity contribution in [2.45, 2.75) is 11.5 Å². The highest BCUT2D eigenvalue weighted by atomic mass is 35.5. The van der Waals surface area contributed by atoms with E-state index in [4.69, 9.17) is 16.7 Å². The van der Waals surface area contributed by atoms with E-state index in [0.717, 1.165) is 6.26 Å². The maximum absolute atomic E-state index is 11.1. The molecule has 0 spiro atoms. The Bertz CT molecular complexity index is 411. The Morgan fingerprint density at radius 1 is 1.46 bits per heavy atom. The number of aliphatic hydroxyl groups is 1. The van der Waals surface area contributed by atoms with Crippen LogP contribution in [0.5, 0.6) is 0 Å². The molecule has 0 atom stereocenters. The molecule has 0 bridgehead atoms. The third kappa shape index (κ3) is 2.43. The number of sulfone groups is 1. The summed E-state index contributed by atoms with van der Waals surface area (Å²) in [6.45, 7) is -0.149. The number of hydrogen-bond donors (Lipinski definition) is 1. The second-order valence-electron chi connectivity index (χ2n) is 2.70. The fourth-order valence-electron chi connectivity index (χ4n) is 0.943. The van der Waals surface area contributed by atoms with Gasteiger partial charge in [0.1, 0.15) is 0 Å². The predicted molar refractivity (Wildman–Crippen MR) is 50.5 cm³/mol. The van der Waals surface area contributed by atoms with E-state index >= 15 is 0 Å². The predicted octanol–water partition coefficient (Wildman–Crippen LogP) is 1.24. The van der Waals surface area contributed by atoms with Gasteiger partial charge in [-0.1, -0.05) is 17.7 Å². The van der Waals surface area contributed by atoms with E-state index in [9.17, 15) is 8.42 Å². The fraction of sp³-hybridized carbons (Fsp3) is 0.250. The quantitative estimate of drug-likeness (QED) is 0.816. The van der Waals surface area contributed by atoms with Gasteiger partial charge in [0.15, 0.2) is 9.84 Å². The molecule has 0 aliphatic carbocycles. The van der Waals surface area contributed by atoms with Crippen LogP contribution in [0, 0.1) is 0 Å². The van der Waals surface area contributed by atoms with Crippen LogP contribution in [0.15, 0.2) is 23.1 Å². The van der Waals surface area contributed by atoms with E-state index in [2.05, 4.69) is 0 Å². The largest absolute Gasteiger partial charge is 0.392 e. The van der Waals surface area contributed by atoms with Crippen LogP contribution in [0.4, 0.5) is 0 Å². The summed E-state index contributed by atoms with van der Waals surface area (Å²) >= 11 is 5.70. The van der Waals surface area contributed by atoms with Crippen molar-refractivity contribution in [2.75, 3.05) is 6.26 Å². The van der Waals surface area contributed by atoms with E-state index in [0.29, 0.717) is 5.56 Å². The van der Waals surface area contributed by atoms with Crippen LogP contribution in [-0.2, 0) is 16.4 Å². The molecule has 1 aromatic carbocycles. The van der Waals surface area contributed by atoms with Crippen LogP contribution in [0.3, 0.4) is 0 Å². The number of benzene rings is 1. The molecule has 1 N–H and O–H groups in total. The lowest BCUT2D eigenvalue weighted by Gasteiger charge is -2.02. The molecule has 0 heterocycles. The summed E-state index contributed by atoms with van der Waals surface area (Å²) in [6.07, 6.45) is 1.09. The average Bonchev–Trinajstić information content (AvgIpc) is 2.01. The molecule has 0 aliphatic rings. The molecule has 1 rings (SSSR count). The molecule has 13 heavy (non-hydrogen) atoms. The molecule has 1 aromatic rings. The van der Waals surface area contributed by atoms with Gasteiger partial charge in [0, 0.05) is 6.26 Å². The van der Waals surface area contributed by atoms with Crippen molar-refractivity contribution in [3.63, 3.8) is 0 Å². The third-order valence-corrected chi connectivity index (χ3v) is 3.16. The first kappa shape index (κ1) is 10.5. The van der Waals surface area contributed by atoms with Gasteiger partial charge in [-0.3, -0.25) is 0 Å². The fourth-order valence-corrected chi connectivity index (χ4v) is 2.30. The Balaban J connectivity index is 3.29. The molecule has 0 radical (unpaired) electrons. The van der Waals surface area contributed by atoms with Gasteiger partial charge in [-0.05, 0) is 17.7 Å². The van der Waals surface area contributed by atoms with Crippen molar-refractivity contribution < 1.29 is 13.5 Å². The van der Waals surface area contributed by atoms with Crippen molar-refractivity contribution in [3.05, 3.63) is 28.8 Å². The van der Waals surface area contributed by atoms with E-state index in [1.165, 1.54) is 18.2 Å². The van der Waals surface area contributed by atoms with E-state index in [1.807, 2.05) is 0 Å². The number of aliphatic hydroxyl groups excluding tert-OH is 1. The molecule has 0 saturated carbocycles. The van der Waals surface area contributed by atoms with Gasteiger partial charge in [0.05, 0.1) is 16.5 Å². The number of halogens is 1. The smallest absolute Gasteiger partial charge is 0.176 e. The molecule has 72 valence electrons. The van der Waals surface area contributed by atoms with E-state index < -0.39 is 9.84 Å². The van der Waals surface area contributed by atoms with Crippen molar-refractivity contribution in [3.8, 4) is 0 Å². The van der Waals surface area contributed by atoms with Crippen LogP contribution in [0.2, 0.25) is 5.02 Å². The zero-order chi connectivity index (χ0) is 10.1. The second kappa shape index (κ2) is 3.65. The average molecular weight is 221 g/mol. The van der Waals surface area contributed by atoms with Gasteiger partial charge < -0.3 is 5.11 Å². The van der Waals surface area contributed by atoms with Crippen LogP contribution >= 0.6 is 11.6 Å². The summed E-state index contributed by atoms with van der Waals surface area (Å²) in [6, 6.07) is 4.36. The number of rotatable bonds is 2. The topological polar surface area (TPSA) is 54.4 Å². The van der Waals surface area contributed by atoms with Gasteiger partial charge in [-0.15, -0.1) is 0 Å². The second-order valence-corrected chi connectivity index (χ2v) is 5.09. The molecule has 0 unspecified atom stereocenters. The first-order chi connectivity index (χ1) is 5.95. The van der Waals surface area contributed by atoms with Gasteiger partial charge in [0.2, 0.25) is 0 Å². The third-order valence-electron chi connectivity index (χ3n) is 1.58. The standard InChI is InChI=1S/C8H9ClO3S/c1-13(11,12)8-3-2-6(5-10)4-7(8)9/h2-4,10H,5H2,1H3. The summed E-state index contributed by atoms with van der Waals surface area (Å²) < 4.78 is 22.2. The highest BCUT2D eigenvalue weighted by molar-refractivity contribution is 7.90. The van der Waals surface area contributed by atoms with Crippen LogP contribution in [0.1, 0.15) is 5.56 Å². The molecule has 3 nitrogen and oxygen atoms in total. The summed E-state index contributed by atoms with van der Waals surface area (Å²) in [5.41, 5.74) is 0.595. The van der Waals surface area contributed by atoms with Crippen LogP contribution in [0.25, 0.3) is 0 Å². The lowest BCUT2D eigenvalue weighted by atomic mass is 10.2. The summed E-state index contributed by atoms with van der Waals surface area (Å²) in [4.78, 5) is 0.0892. The van der Waals surface area contributed by atoms with Crippen LogP contribution in [-0.4, -0.2) is 19.8 Å². The van der Waals surface area contributed by atoms with Crippen molar-refractivity contribution in [1.82, 2.24) is 0 Å². The van der Waals surface area contributed by atoms with Gasteiger partial charge >= 0.3 is 0 Å². The molecule has 0 amide bonds. The lowest BCUT2D eigenvalue weighted by molar-refractivity contribution is 0.282. The van der Waals surface area contributed by atoms with Crippen molar-refractivity contribution >= 4 is 21.4 Å². The highest BCUT2D eigenvalue weighted by Crippen LogP contribution is 2.22. The van der Waals surface area contributed by atoms with Gasteiger partial charge in [-0.2, -0.15) is 0 Å². The highest BCUT2D eigenvalue weighted by Gasteiger charge is 2.11. The van der Waals surface area contributed by atoms with Gasteiger partial charge in [0.25, 0.3) is 0 Å². The summed E-state index contributed by atoms with van der Waals surface area (Å²) in [5, 5.41) is 8.89. The SMILES string of the molecule is CS(=O)(=O)c1ccc(CO)cc1Cl. The first-order valence-electron chi connectivity index (χ1n) is 3.54. The van der Waals surface area contributed by atoms with Crippen LogP contribution < -0.4 is 0 Å². The Kier molecular flexibility index (Phi) is 2.95. The Hall–Kier alpha value is -0.580. The normalized spacial score (nSPS) is 11.6. The summed E-state index contributed by atoms with van der Waals surface area (Å²) in [7, 11) is -3.27. The Morgan fingerprint density at radius 2 is 2.08 bits per heavy atom. The Labute approximate surface area is 81.9 Å². The minimum absolute atomic E-state index is 0.0892. The maximum atomic E-state index is 11.1. The molecule has 0 fully saturated rings. The molecule has 0 aromatic heterocycles. The minimum Gasteiger partial charge on any atom is -0.392 e. The maximum Gasteiger partial charge on any atom is 0.176 e. The lowest BCUT2D eigenvalue weighted by Crippen LogP contribution is -1.98. The molecule has 0 saturated heterocycles. The van der Waals surface area contributed by atoms with Crippen molar-refractivity contribution in [1.29, 1.82) is 0 Å². The Morgan fingerprint density at radius 3 is 2.46 bits per heavy atom. The van der Waals surface area contributed by atoms with Gasteiger partial charge in [-0.25, -0.2) is 8.42 Å². The van der Waals surface area contributed by atoms with E-state index in [1.54, 1.807) is 0 Å². The van der Waals surface area contributed by atoms with E-state index in [-0.39, 0.29) is 16.5 Å². The zero-order valence-corrected chi connectivity index (χ0v) is 8.56. The molecular weight excluding hydrogens is 212 g/mol.